The predicted octanol–water partition coefficient (Wildman–Crippen LogP) is 2.57. The van der Waals surface area contributed by atoms with Crippen LogP contribution in [0, 0.1) is 0 Å². The van der Waals surface area contributed by atoms with Crippen LogP contribution in [0.1, 0.15) is 38.5 Å². The minimum atomic E-state index is -0.827. The average Bonchev–Trinajstić information content (AvgIpc) is 2.15. The van der Waals surface area contributed by atoms with Gasteiger partial charge in [0.15, 0.2) is 0 Å². The first-order chi connectivity index (χ1) is 6.25. The fourth-order valence-corrected chi connectivity index (χ4v) is 1.31. The van der Waals surface area contributed by atoms with Crippen molar-refractivity contribution in [3.63, 3.8) is 0 Å². The predicted molar refractivity (Wildman–Crippen MR) is 60.0 cm³/mol. The fourth-order valence-electron chi connectivity index (χ4n) is 1.31. The second kappa shape index (κ2) is 7.27. The molecule has 0 radical (unpaired) electrons. The molecule has 0 unspecified atom stereocenters. The largest absolute Gasteiger partial charge is 2.00 e. The van der Waals surface area contributed by atoms with E-state index >= 15 is 0 Å². The molecule has 0 fully saturated rings. The SMILES string of the molecule is CCCCc1ccccc1C(=O)O.[Ca+2].[H-].[H-]. The summed E-state index contributed by atoms with van der Waals surface area (Å²) in [4.78, 5) is 10.8. The molecule has 0 aliphatic heterocycles. The molecule has 0 bridgehead atoms. The van der Waals surface area contributed by atoms with Gasteiger partial charge >= 0.3 is 43.7 Å². The summed E-state index contributed by atoms with van der Waals surface area (Å²) in [6.45, 7) is 2.10. The van der Waals surface area contributed by atoms with E-state index in [0.29, 0.717) is 5.56 Å². The minimum Gasteiger partial charge on any atom is -1.00 e. The number of aromatic carboxylic acids is 1. The number of hydrogen-bond acceptors (Lipinski definition) is 1. The van der Waals surface area contributed by atoms with E-state index in [1.165, 1.54) is 0 Å². The summed E-state index contributed by atoms with van der Waals surface area (Å²) in [7, 11) is 0. The van der Waals surface area contributed by atoms with E-state index in [0.717, 1.165) is 24.8 Å². The van der Waals surface area contributed by atoms with Crippen molar-refractivity contribution in [3.8, 4) is 0 Å². The second-order valence-electron chi connectivity index (χ2n) is 3.07. The van der Waals surface area contributed by atoms with Crippen molar-refractivity contribution in [1.29, 1.82) is 0 Å². The number of carbonyl (C=O) groups is 1. The molecular formula is C11H16CaO2. The zero-order valence-corrected chi connectivity index (χ0v) is 10.7. The zero-order chi connectivity index (χ0) is 9.68. The van der Waals surface area contributed by atoms with Crippen molar-refractivity contribution in [2.45, 2.75) is 26.2 Å². The molecule has 2 nitrogen and oxygen atoms in total. The number of aryl methyl sites for hydroxylation is 1. The normalized spacial score (nSPS) is 9.21. The van der Waals surface area contributed by atoms with Gasteiger partial charge in [-0.2, -0.15) is 0 Å². The van der Waals surface area contributed by atoms with Crippen LogP contribution in [0.3, 0.4) is 0 Å². The summed E-state index contributed by atoms with van der Waals surface area (Å²) < 4.78 is 0. The maximum absolute atomic E-state index is 10.8. The van der Waals surface area contributed by atoms with Gasteiger partial charge in [0.25, 0.3) is 0 Å². The Kier molecular flexibility index (Phi) is 7.24. The van der Waals surface area contributed by atoms with Gasteiger partial charge in [0.2, 0.25) is 0 Å². The molecule has 0 aliphatic carbocycles. The van der Waals surface area contributed by atoms with Crippen LogP contribution in [-0.2, 0) is 6.42 Å². The van der Waals surface area contributed by atoms with Crippen LogP contribution < -0.4 is 0 Å². The molecule has 74 valence electrons. The zero-order valence-electron chi connectivity index (χ0n) is 10.5. The number of rotatable bonds is 4. The fraction of sp³-hybridized carbons (Fsp3) is 0.364. The van der Waals surface area contributed by atoms with Crippen molar-refractivity contribution < 1.29 is 12.8 Å². The Morgan fingerprint density at radius 2 is 2.07 bits per heavy atom. The summed E-state index contributed by atoms with van der Waals surface area (Å²) in [6, 6.07) is 7.20. The summed E-state index contributed by atoms with van der Waals surface area (Å²) in [6.07, 6.45) is 3.00. The maximum atomic E-state index is 10.8. The van der Waals surface area contributed by atoms with Gasteiger partial charge in [0.1, 0.15) is 0 Å². The van der Waals surface area contributed by atoms with Crippen LogP contribution in [0.2, 0.25) is 0 Å². The number of benzene rings is 1. The molecule has 1 rings (SSSR count). The molecule has 0 aliphatic rings. The van der Waals surface area contributed by atoms with Gasteiger partial charge in [-0.1, -0.05) is 31.5 Å². The molecule has 1 aromatic rings. The van der Waals surface area contributed by atoms with E-state index in [1.54, 1.807) is 12.1 Å². The van der Waals surface area contributed by atoms with E-state index in [4.69, 9.17) is 5.11 Å². The molecule has 0 spiro atoms. The molecule has 1 aromatic carbocycles. The third kappa shape index (κ3) is 3.99. The van der Waals surface area contributed by atoms with Gasteiger partial charge in [-0.15, -0.1) is 0 Å². The Bertz CT molecular complexity index is 306. The Morgan fingerprint density at radius 1 is 1.43 bits per heavy atom. The third-order valence-electron chi connectivity index (χ3n) is 2.05. The first-order valence-electron chi connectivity index (χ1n) is 4.57. The molecule has 0 atom stereocenters. The van der Waals surface area contributed by atoms with E-state index in [9.17, 15) is 4.79 Å². The molecule has 0 heterocycles. The Morgan fingerprint density at radius 3 is 2.64 bits per heavy atom. The quantitative estimate of drug-likeness (QED) is 0.792. The molecule has 14 heavy (non-hydrogen) atoms. The maximum Gasteiger partial charge on any atom is 2.00 e. The molecule has 3 heteroatoms. The first kappa shape index (κ1) is 13.9. The Balaban J connectivity index is -0.000000563. The number of carboxylic acid groups (broad SMARTS) is 1. The van der Waals surface area contributed by atoms with E-state index in [-0.39, 0.29) is 40.6 Å². The van der Waals surface area contributed by atoms with Crippen molar-refractivity contribution in [3.05, 3.63) is 35.4 Å². The van der Waals surface area contributed by atoms with Gasteiger partial charge in [0.05, 0.1) is 5.56 Å². The standard InChI is InChI=1S/C11H14O2.Ca.2H/c1-2-3-6-9-7-4-5-8-10(9)11(12)13;;;/h4-5,7-8H,2-3,6H2,1H3,(H,12,13);;;/q;+2;2*-1. The summed E-state index contributed by atoms with van der Waals surface area (Å²) >= 11 is 0. The first-order valence-corrected chi connectivity index (χ1v) is 4.57. The molecule has 0 amide bonds. The van der Waals surface area contributed by atoms with Gasteiger partial charge in [-0.3, -0.25) is 0 Å². The topological polar surface area (TPSA) is 37.3 Å². The van der Waals surface area contributed by atoms with Crippen LogP contribution >= 0.6 is 0 Å². The van der Waals surface area contributed by atoms with Crippen molar-refractivity contribution in [2.75, 3.05) is 0 Å². The van der Waals surface area contributed by atoms with Crippen LogP contribution in [0.4, 0.5) is 0 Å². The van der Waals surface area contributed by atoms with Crippen molar-refractivity contribution in [1.82, 2.24) is 0 Å². The monoisotopic (exact) mass is 220 g/mol. The summed E-state index contributed by atoms with van der Waals surface area (Å²) in [5.41, 5.74) is 1.38. The molecule has 0 aromatic heterocycles. The van der Waals surface area contributed by atoms with Crippen LogP contribution in [0.25, 0.3) is 0 Å². The van der Waals surface area contributed by atoms with Gasteiger partial charge in [-0.05, 0) is 24.5 Å². The summed E-state index contributed by atoms with van der Waals surface area (Å²) in [5, 5.41) is 8.86. The van der Waals surface area contributed by atoms with Gasteiger partial charge in [0, 0.05) is 0 Å². The van der Waals surface area contributed by atoms with E-state index < -0.39 is 5.97 Å². The smallest absolute Gasteiger partial charge is 1.00 e. The second-order valence-corrected chi connectivity index (χ2v) is 3.07. The van der Waals surface area contributed by atoms with Gasteiger partial charge in [-0.25, -0.2) is 4.79 Å². The van der Waals surface area contributed by atoms with E-state index in [1.807, 2.05) is 12.1 Å². The Hall–Kier alpha value is -0.0503. The minimum absolute atomic E-state index is 0. The number of hydrogen-bond donors (Lipinski definition) is 1. The Labute approximate surface area is 117 Å². The van der Waals surface area contributed by atoms with E-state index in [2.05, 4.69) is 6.92 Å². The molecule has 0 saturated heterocycles. The van der Waals surface area contributed by atoms with Gasteiger partial charge < -0.3 is 7.96 Å². The molecule has 1 N–H and O–H groups in total. The number of unbranched alkanes of at least 4 members (excludes halogenated alkanes) is 1. The van der Waals surface area contributed by atoms with Crippen LogP contribution in [-0.4, -0.2) is 48.8 Å². The van der Waals surface area contributed by atoms with Crippen molar-refractivity contribution in [2.24, 2.45) is 0 Å². The average molecular weight is 220 g/mol. The number of carboxylic acids is 1. The molecular weight excluding hydrogens is 204 g/mol. The third-order valence-corrected chi connectivity index (χ3v) is 2.05. The molecule has 0 saturated carbocycles. The summed E-state index contributed by atoms with van der Waals surface area (Å²) in [5.74, 6) is -0.827. The van der Waals surface area contributed by atoms with Crippen LogP contribution in [0.15, 0.2) is 24.3 Å². The van der Waals surface area contributed by atoms with Crippen LogP contribution in [0.5, 0.6) is 0 Å². The van der Waals surface area contributed by atoms with Crippen molar-refractivity contribution >= 4 is 43.7 Å².